The second kappa shape index (κ2) is 15.4. The summed E-state index contributed by atoms with van der Waals surface area (Å²) in [6, 6.07) is 5.72. The van der Waals surface area contributed by atoms with Gasteiger partial charge in [-0.1, -0.05) is 25.0 Å². The third kappa shape index (κ3) is 11.5. The molecule has 7 nitrogen and oxygen atoms in total. The maximum absolute atomic E-state index is 13.9. The van der Waals surface area contributed by atoms with Gasteiger partial charge in [0.25, 0.3) is 0 Å². The number of benzene rings is 2. The summed E-state index contributed by atoms with van der Waals surface area (Å²) in [5, 5.41) is 19.0. The Morgan fingerprint density at radius 3 is 1.40 bits per heavy atom. The zero-order chi connectivity index (χ0) is 31.5. The molecule has 0 aliphatic heterocycles. The largest absolute Gasteiger partial charge is 0.418 e. The van der Waals surface area contributed by atoms with Gasteiger partial charge in [-0.3, -0.25) is 15.0 Å². The second-order valence-corrected chi connectivity index (χ2v) is 10.0. The van der Waals surface area contributed by atoms with E-state index in [1.165, 1.54) is 12.1 Å². The number of carbonyl (C=O) groups excluding carboxylic acids is 2. The molecule has 0 spiro atoms. The monoisotopic (exact) mass is 599 g/mol. The minimum absolute atomic E-state index is 0.00759. The van der Waals surface area contributed by atoms with Gasteiger partial charge in [-0.2, -0.15) is 26.3 Å². The molecule has 0 aromatic heterocycles. The molecule has 0 saturated heterocycles. The number of unbranched alkanes of at least 4 members (excludes halogenated alkanes) is 4. The van der Waals surface area contributed by atoms with E-state index in [4.69, 9.17) is 16.6 Å². The first-order chi connectivity index (χ1) is 19.6. The Hall–Kier alpha value is -3.90. The quantitative estimate of drug-likeness (QED) is 0.0613. The third-order valence-electron chi connectivity index (χ3n) is 6.34. The minimum atomic E-state index is -4.90. The molecule has 2 aromatic carbocycles. The Morgan fingerprint density at radius 2 is 1.05 bits per heavy atom. The number of hydrogen-bond donors (Lipinski definition) is 5. The van der Waals surface area contributed by atoms with Crippen LogP contribution >= 0.6 is 0 Å². The fraction of sp³-hybridized carbons (Fsp3) is 0.448. The first-order valence-corrected chi connectivity index (χ1v) is 13.5. The number of nitrogens with one attached hydrogen (secondary N) is 4. The molecular formula is C29H35F6N5O2. The summed E-state index contributed by atoms with van der Waals surface area (Å²) in [6.45, 7) is 1.66. The molecule has 2 amide bonds. The van der Waals surface area contributed by atoms with Crippen LogP contribution in [0.3, 0.4) is 0 Å². The van der Waals surface area contributed by atoms with E-state index < -0.39 is 46.7 Å². The van der Waals surface area contributed by atoms with E-state index in [2.05, 4.69) is 10.6 Å². The average Bonchev–Trinajstić information content (AvgIpc) is 2.87. The molecule has 0 heterocycles. The summed E-state index contributed by atoms with van der Waals surface area (Å²) in [4.78, 5) is 24.5. The topological polar surface area (TPSA) is 132 Å². The van der Waals surface area contributed by atoms with Crippen LogP contribution < -0.4 is 16.4 Å². The summed E-state index contributed by atoms with van der Waals surface area (Å²) in [5.41, 5.74) is 2.00. The van der Waals surface area contributed by atoms with Crippen molar-refractivity contribution in [2.75, 3.05) is 10.6 Å². The lowest BCUT2D eigenvalue weighted by atomic mass is 9.98. The third-order valence-corrected chi connectivity index (χ3v) is 6.34. The number of carbonyl (C=O) groups is 2. The van der Waals surface area contributed by atoms with Crippen molar-refractivity contribution in [1.82, 2.24) is 0 Å². The van der Waals surface area contributed by atoms with Crippen molar-refractivity contribution in [3.05, 3.63) is 47.5 Å². The van der Waals surface area contributed by atoms with Crippen molar-refractivity contribution < 1.29 is 35.9 Å². The highest BCUT2D eigenvalue weighted by Gasteiger charge is 2.36. The van der Waals surface area contributed by atoms with Gasteiger partial charge in [0.05, 0.1) is 28.3 Å². The Balaban J connectivity index is 2.21. The zero-order valence-corrected chi connectivity index (χ0v) is 23.2. The lowest BCUT2D eigenvalue weighted by Crippen LogP contribution is -2.17. The van der Waals surface area contributed by atoms with E-state index in [0.717, 1.165) is 12.1 Å². The normalized spacial score (nSPS) is 11.7. The molecular weight excluding hydrogens is 564 g/mol. The van der Waals surface area contributed by atoms with E-state index in [9.17, 15) is 35.9 Å². The fourth-order valence-corrected chi connectivity index (χ4v) is 4.19. The molecule has 0 saturated carbocycles. The molecule has 6 N–H and O–H groups in total. The highest BCUT2D eigenvalue weighted by atomic mass is 19.4. The summed E-state index contributed by atoms with van der Waals surface area (Å²) in [5.74, 6) is -1.27. The molecule has 42 heavy (non-hydrogen) atoms. The van der Waals surface area contributed by atoms with E-state index in [1.54, 1.807) is 6.92 Å². The van der Waals surface area contributed by atoms with Crippen molar-refractivity contribution in [1.29, 1.82) is 10.8 Å². The van der Waals surface area contributed by atoms with Crippen molar-refractivity contribution in [3.8, 4) is 11.1 Å². The minimum Gasteiger partial charge on any atom is -0.388 e. The molecule has 2 rings (SSSR count). The van der Waals surface area contributed by atoms with Gasteiger partial charge in [0.15, 0.2) is 0 Å². The first kappa shape index (κ1) is 34.3. The van der Waals surface area contributed by atoms with Gasteiger partial charge < -0.3 is 21.8 Å². The summed E-state index contributed by atoms with van der Waals surface area (Å²) in [6.07, 6.45) is -5.67. The smallest absolute Gasteiger partial charge is 0.388 e. The Morgan fingerprint density at radius 1 is 0.667 bits per heavy atom. The molecule has 0 fully saturated rings. The Bertz CT molecular complexity index is 1180. The van der Waals surface area contributed by atoms with Crippen LogP contribution in [0.1, 0.15) is 82.3 Å². The van der Waals surface area contributed by atoms with Crippen LogP contribution in [0.2, 0.25) is 0 Å². The molecule has 13 heteroatoms. The molecule has 2 aromatic rings. The van der Waals surface area contributed by atoms with E-state index in [1.807, 2.05) is 0 Å². The summed E-state index contributed by atoms with van der Waals surface area (Å²) < 4.78 is 83.2. The molecule has 0 aliphatic rings. The van der Waals surface area contributed by atoms with E-state index in [0.29, 0.717) is 69.2 Å². The predicted molar refractivity (Wildman–Crippen MR) is 151 cm³/mol. The average molecular weight is 600 g/mol. The van der Waals surface area contributed by atoms with E-state index >= 15 is 0 Å². The molecule has 0 atom stereocenters. The Kier molecular flexibility index (Phi) is 12.5. The molecule has 0 bridgehead atoms. The summed E-state index contributed by atoms with van der Waals surface area (Å²) in [7, 11) is 0. The van der Waals surface area contributed by atoms with Crippen molar-refractivity contribution >= 4 is 34.7 Å². The number of nitrogens with two attached hydrogens (primary N) is 1. The van der Waals surface area contributed by atoms with Gasteiger partial charge >= 0.3 is 12.4 Å². The van der Waals surface area contributed by atoms with Crippen molar-refractivity contribution in [2.45, 2.75) is 83.5 Å². The first-order valence-electron chi connectivity index (χ1n) is 13.5. The predicted octanol–water partition coefficient (Wildman–Crippen LogP) is 8.14. The number of rotatable bonds is 15. The van der Waals surface area contributed by atoms with Crippen LogP contribution in [0.4, 0.5) is 37.7 Å². The number of amidine groups is 1. The second-order valence-electron chi connectivity index (χ2n) is 10.0. The van der Waals surface area contributed by atoms with Crippen LogP contribution in [-0.2, 0) is 21.9 Å². The highest BCUT2D eigenvalue weighted by molar-refractivity contribution is 5.93. The lowest BCUT2D eigenvalue weighted by molar-refractivity contribution is -0.138. The number of anilines is 2. The number of hydrogen-bond acceptors (Lipinski definition) is 4. The van der Waals surface area contributed by atoms with Crippen LogP contribution in [0.25, 0.3) is 11.1 Å². The van der Waals surface area contributed by atoms with Gasteiger partial charge in [-0.25, -0.2) is 0 Å². The Labute approximate surface area is 240 Å². The number of halogens is 6. The van der Waals surface area contributed by atoms with Crippen LogP contribution in [0, 0.1) is 10.8 Å². The van der Waals surface area contributed by atoms with E-state index in [-0.39, 0.29) is 29.8 Å². The van der Waals surface area contributed by atoms with Crippen molar-refractivity contribution in [2.24, 2.45) is 5.73 Å². The maximum Gasteiger partial charge on any atom is 0.418 e. The molecule has 230 valence electrons. The van der Waals surface area contributed by atoms with Gasteiger partial charge in [0.2, 0.25) is 11.8 Å². The van der Waals surface area contributed by atoms with Gasteiger partial charge in [0.1, 0.15) is 0 Å². The standard InChI is InChI=1S/C29H35F6N5O2/c1-18(36)8-4-2-6-10-26(41)39-23-14-12-19(16-21(23)28(30,31)32)20-13-15-24(22(17-20)29(33,34)35)40-27(42)11-7-3-5-9-25(37)38/h12-17,36H,2-11H2,1H3,(H3,37,38)(H,39,41)(H,40,42). The highest BCUT2D eigenvalue weighted by Crippen LogP contribution is 2.41. The van der Waals surface area contributed by atoms with Crippen LogP contribution in [-0.4, -0.2) is 23.4 Å². The van der Waals surface area contributed by atoms with Crippen molar-refractivity contribution in [3.63, 3.8) is 0 Å². The zero-order valence-electron chi connectivity index (χ0n) is 23.2. The fourth-order valence-electron chi connectivity index (χ4n) is 4.19. The molecule has 0 aliphatic carbocycles. The molecule has 0 unspecified atom stereocenters. The lowest BCUT2D eigenvalue weighted by Gasteiger charge is -2.18. The summed E-state index contributed by atoms with van der Waals surface area (Å²) >= 11 is 0. The van der Waals surface area contributed by atoms with Gasteiger partial charge in [-0.15, -0.1) is 0 Å². The maximum atomic E-state index is 13.9. The van der Waals surface area contributed by atoms with Gasteiger partial charge in [-0.05, 0) is 74.4 Å². The SMILES string of the molecule is CC(=N)CCCCCC(=O)Nc1ccc(-c2ccc(NC(=O)CCCCCC(=N)N)c(C(F)(F)F)c2)cc1C(F)(F)F. The number of alkyl halides is 6. The molecule has 0 radical (unpaired) electrons. The van der Waals surface area contributed by atoms with Crippen LogP contribution in [0.15, 0.2) is 36.4 Å². The number of amides is 2. The van der Waals surface area contributed by atoms with Crippen LogP contribution in [0.5, 0.6) is 0 Å². The van der Waals surface area contributed by atoms with Gasteiger partial charge in [0, 0.05) is 25.0 Å².